The summed E-state index contributed by atoms with van der Waals surface area (Å²) >= 11 is 0. The number of rotatable bonds is 2. The smallest absolute Gasteiger partial charge is 0.245 e. The van der Waals surface area contributed by atoms with E-state index < -0.39 is 11.6 Å². The summed E-state index contributed by atoms with van der Waals surface area (Å²) in [6.45, 7) is 4.42. The quantitative estimate of drug-likeness (QED) is 0.875. The number of hydrogen-bond donors (Lipinski definition) is 2. The zero-order chi connectivity index (χ0) is 14.1. The van der Waals surface area contributed by atoms with Crippen LogP contribution in [0.25, 0.3) is 11.4 Å². The van der Waals surface area contributed by atoms with Crippen molar-refractivity contribution >= 4 is 5.95 Å². The van der Waals surface area contributed by atoms with Crippen molar-refractivity contribution in [1.82, 2.24) is 20.5 Å². The Morgan fingerprint density at radius 3 is 2.75 bits per heavy atom. The monoisotopic (exact) mass is 279 g/mol. The van der Waals surface area contributed by atoms with Gasteiger partial charge in [-0.3, -0.25) is 5.10 Å². The summed E-state index contributed by atoms with van der Waals surface area (Å²) in [5.74, 6) is -0.722. The number of nitrogens with one attached hydrogen (secondary N) is 2. The Labute approximate surface area is 115 Å². The van der Waals surface area contributed by atoms with Gasteiger partial charge in [0.2, 0.25) is 5.95 Å². The van der Waals surface area contributed by atoms with Gasteiger partial charge in [0.1, 0.15) is 11.6 Å². The van der Waals surface area contributed by atoms with Gasteiger partial charge in [-0.15, -0.1) is 5.10 Å². The van der Waals surface area contributed by atoms with E-state index in [1.807, 2.05) is 4.90 Å². The fourth-order valence-corrected chi connectivity index (χ4v) is 2.34. The van der Waals surface area contributed by atoms with Gasteiger partial charge in [0, 0.05) is 25.7 Å². The molecule has 106 valence electrons. The van der Waals surface area contributed by atoms with Crippen LogP contribution in [0.4, 0.5) is 14.7 Å². The van der Waals surface area contributed by atoms with E-state index in [1.165, 1.54) is 18.2 Å². The van der Waals surface area contributed by atoms with Crippen LogP contribution < -0.4 is 10.2 Å². The van der Waals surface area contributed by atoms with Crippen molar-refractivity contribution in [2.24, 2.45) is 0 Å². The van der Waals surface area contributed by atoms with Crippen LogP contribution in [0, 0.1) is 11.6 Å². The Kier molecular flexibility index (Phi) is 3.35. The molecule has 1 aromatic heterocycles. The van der Waals surface area contributed by atoms with E-state index in [0.717, 1.165) is 19.6 Å². The maximum atomic E-state index is 13.7. The second-order valence-electron chi connectivity index (χ2n) is 4.88. The summed E-state index contributed by atoms with van der Waals surface area (Å²) in [6.07, 6.45) is 0. The highest BCUT2D eigenvalue weighted by Crippen LogP contribution is 2.24. The molecule has 2 heterocycles. The minimum Gasteiger partial charge on any atom is -0.337 e. The molecule has 0 saturated carbocycles. The molecule has 5 nitrogen and oxygen atoms in total. The minimum absolute atomic E-state index is 0.113. The van der Waals surface area contributed by atoms with Crippen LogP contribution in [0.3, 0.4) is 0 Å². The van der Waals surface area contributed by atoms with Crippen molar-refractivity contribution in [2.75, 3.05) is 24.5 Å². The molecule has 2 aromatic rings. The fourth-order valence-electron chi connectivity index (χ4n) is 2.34. The highest BCUT2D eigenvalue weighted by molar-refractivity contribution is 5.58. The number of H-pyrrole nitrogens is 1. The molecule has 1 saturated heterocycles. The molecule has 0 unspecified atom stereocenters. The molecule has 1 aromatic carbocycles. The molecule has 1 aliphatic heterocycles. The number of nitrogens with zero attached hydrogens (tertiary/aromatic N) is 3. The predicted octanol–water partition coefficient (Wildman–Crippen LogP) is 1.55. The topological polar surface area (TPSA) is 56.8 Å². The van der Waals surface area contributed by atoms with Crippen molar-refractivity contribution in [3.05, 3.63) is 29.8 Å². The van der Waals surface area contributed by atoms with Crippen molar-refractivity contribution in [1.29, 1.82) is 0 Å². The predicted molar refractivity (Wildman–Crippen MR) is 71.4 cm³/mol. The lowest BCUT2D eigenvalue weighted by Gasteiger charge is -2.30. The molecule has 1 fully saturated rings. The largest absolute Gasteiger partial charge is 0.337 e. The Balaban J connectivity index is 1.90. The van der Waals surface area contributed by atoms with E-state index in [2.05, 4.69) is 27.4 Å². The van der Waals surface area contributed by atoms with E-state index >= 15 is 0 Å². The van der Waals surface area contributed by atoms with E-state index in [9.17, 15) is 8.78 Å². The van der Waals surface area contributed by atoms with Crippen LogP contribution in [0.2, 0.25) is 0 Å². The van der Waals surface area contributed by atoms with Crippen molar-refractivity contribution < 1.29 is 8.78 Å². The van der Waals surface area contributed by atoms with Gasteiger partial charge in [0.05, 0.1) is 5.56 Å². The van der Waals surface area contributed by atoms with Crippen molar-refractivity contribution in [3.8, 4) is 11.4 Å². The van der Waals surface area contributed by atoms with Crippen LogP contribution in [-0.2, 0) is 0 Å². The third-order valence-electron chi connectivity index (χ3n) is 3.32. The van der Waals surface area contributed by atoms with Crippen LogP contribution in [0.5, 0.6) is 0 Å². The van der Waals surface area contributed by atoms with E-state index in [1.54, 1.807) is 0 Å². The molecule has 20 heavy (non-hydrogen) atoms. The zero-order valence-corrected chi connectivity index (χ0v) is 11.0. The van der Waals surface area contributed by atoms with Gasteiger partial charge in [0.15, 0.2) is 5.82 Å². The number of hydrogen-bond acceptors (Lipinski definition) is 4. The number of piperazine rings is 1. The van der Waals surface area contributed by atoms with Gasteiger partial charge >= 0.3 is 0 Å². The average Bonchev–Trinajstić information content (AvgIpc) is 2.88. The first-order valence-corrected chi connectivity index (χ1v) is 6.50. The summed E-state index contributed by atoms with van der Waals surface area (Å²) in [7, 11) is 0. The lowest BCUT2D eigenvalue weighted by molar-refractivity contribution is 0.480. The average molecular weight is 279 g/mol. The number of benzene rings is 1. The zero-order valence-electron chi connectivity index (χ0n) is 11.0. The number of halogens is 2. The number of aromatic nitrogens is 3. The summed E-state index contributed by atoms with van der Waals surface area (Å²) in [6, 6.07) is 4.06. The van der Waals surface area contributed by atoms with Gasteiger partial charge < -0.3 is 10.2 Å². The molecule has 1 aliphatic rings. The summed E-state index contributed by atoms with van der Waals surface area (Å²) in [4.78, 5) is 6.20. The molecular weight excluding hydrogens is 264 g/mol. The van der Waals surface area contributed by atoms with E-state index in [0.29, 0.717) is 12.0 Å². The van der Waals surface area contributed by atoms with Gasteiger partial charge in [-0.2, -0.15) is 4.98 Å². The Bertz CT molecular complexity index is 592. The Hall–Kier alpha value is -2.02. The molecule has 0 spiro atoms. The lowest BCUT2D eigenvalue weighted by Crippen LogP contribution is -2.49. The van der Waals surface area contributed by atoms with Crippen LogP contribution >= 0.6 is 0 Å². The second kappa shape index (κ2) is 5.16. The standard InChI is InChI=1S/C13H15F2N5/c1-8-7-20(6-5-16-8)13-17-12(18-19-13)11-9(14)3-2-4-10(11)15/h2-4,8,16H,5-7H2,1H3,(H,17,18,19)/t8-/m0/s1. The molecule has 3 rings (SSSR count). The molecule has 0 amide bonds. The normalized spacial score (nSPS) is 19.4. The highest BCUT2D eigenvalue weighted by Gasteiger charge is 2.21. The lowest BCUT2D eigenvalue weighted by atomic mass is 10.2. The molecule has 0 aliphatic carbocycles. The maximum absolute atomic E-state index is 13.7. The SMILES string of the molecule is C[C@H]1CN(c2n[nH]c(-c3c(F)cccc3F)n2)CCN1. The third-order valence-corrected chi connectivity index (χ3v) is 3.32. The van der Waals surface area contributed by atoms with Gasteiger partial charge in [0.25, 0.3) is 0 Å². The minimum atomic E-state index is -0.652. The first kappa shape index (κ1) is 13.0. The molecular formula is C13H15F2N5. The molecule has 0 radical (unpaired) electrons. The summed E-state index contributed by atoms with van der Waals surface area (Å²) in [5.41, 5.74) is -0.172. The fraction of sp³-hybridized carbons (Fsp3) is 0.385. The molecule has 7 heteroatoms. The van der Waals surface area contributed by atoms with Crippen LogP contribution in [0.1, 0.15) is 6.92 Å². The van der Waals surface area contributed by atoms with Crippen LogP contribution in [0.15, 0.2) is 18.2 Å². The maximum Gasteiger partial charge on any atom is 0.245 e. The van der Waals surface area contributed by atoms with E-state index in [-0.39, 0.29) is 11.4 Å². The Morgan fingerprint density at radius 2 is 2.05 bits per heavy atom. The molecule has 1 atom stereocenters. The first-order valence-electron chi connectivity index (χ1n) is 6.50. The first-order chi connectivity index (χ1) is 9.65. The molecule has 0 bridgehead atoms. The summed E-state index contributed by atoms with van der Waals surface area (Å²) < 4.78 is 27.4. The summed E-state index contributed by atoms with van der Waals surface area (Å²) in [5, 5.41) is 9.99. The van der Waals surface area contributed by atoms with Crippen molar-refractivity contribution in [2.45, 2.75) is 13.0 Å². The second-order valence-corrected chi connectivity index (χ2v) is 4.88. The van der Waals surface area contributed by atoms with Gasteiger partial charge in [-0.05, 0) is 19.1 Å². The van der Waals surface area contributed by atoms with Crippen LogP contribution in [-0.4, -0.2) is 40.9 Å². The number of aromatic amines is 1. The van der Waals surface area contributed by atoms with E-state index in [4.69, 9.17) is 0 Å². The van der Waals surface area contributed by atoms with Gasteiger partial charge in [-0.1, -0.05) is 6.07 Å². The third kappa shape index (κ3) is 2.36. The Morgan fingerprint density at radius 1 is 1.30 bits per heavy atom. The molecule has 2 N–H and O–H groups in total. The van der Waals surface area contributed by atoms with Gasteiger partial charge in [-0.25, -0.2) is 8.78 Å². The number of anilines is 1. The highest BCUT2D eigenvalue weighted by atomic mass is 19.1. The van der Waals surface area contributed by atoms with Crippen molar-refractivity contribution in [3.63, 3.8) is 0 Å².